The van der Waals surface area contributed by atoms with Crippen LogP contribution >= 0.6 is 0 Å². The Labute approximate surface area is 96.8 Å². The van der Waals surface area contributed by atoms with Gasteiger partial charge in [0.1, 0.15) is 0 Å². The van der Waals surface area contributed by atoms with Crippen LogP contribution in [0.2, 0.25) is 0 Å². The van der Waals surface area contributed by atoms with E-state index in [9.17, 15) is 0 Å². The Morgan fingerprint density at radius 2 is 1.67 bits per heavy atom. The summed E-state index contributed by atoms with van der Waals surface area (Å²) < 4.78 is 0. The van der Waals surface area contributed by atoms with Crippen molar-refractivity contribution in [1.29, 1.82) is 0 Å². The van der Waals surface area contributed by atoms with Crippen LogP contribution in [0.3, 0.4) is 0 Å². The minimum absolute atomic E-state index is 0.652. The zero-order chi connectivity index (χ0) is 11.8. The lowest BCUT2D eigenvalue weighted by atomic mass is 9.77. The Kier molecular flexibility index (Phi) is 3.90. The van der Waals surface area contributed by atoms with E-state index in [0.29, 0.717) is 5.41 Å². The largest absolute Gasteiger partial charge is 0.0651 e. The number of hydrogen-bond acceptors (Lipinski definition) is 0. The van der Waals surface area contributed by atoms with Gasteiger partial charge in [-0.2, -0.15) is 0 Å². The minimum atomic E-state index is 0.652. The van der Waals surface area contributed by atoms with Crippen molar-refractivity contribution < 1.29 is 0 Å². The van der Waals surface area contributed by atoms with Crippen molar-refractivity contribution in [2.45, 2.75) is 61.3 Å². The molecule has 1 aliphatic carbocycles. The minimum Gasteiger partial charge on any atom is -0.0651 e. The summed E-state index contributed by atoms with van der Waals surface area (Å²) in [6.07, 6.45) is 2.80. The van der Waals surface area contributed by atoms with Crippen molar-refractivity contribution in [2.24, 2.45) is 35.0 Å². The van der Waals surface area contributed by atoms with Gasteiger partial charge in [0.25, 0.3) is 0 Å². The number of rotatable bonds is 5. The smallest absolute Gasteiger partial charge is 0.0264 e. The predicted molar refractivity (Wildman–Crippen MR) is 68.8 cm³/mol. The summed E-state index contributed by atoms with van der Waals surface area (Å²) >= 11 is 0. The first-order chi connectivity index (χ1) is 6.84. The molecule has 0 aliphatic heterocycles. The van der Waals surface area contributed by atoms with Crippen LogP contribution in [-0.4, -0.2) is 0 Å². The number of hydrogen-bond donors (Lipinski definition) is 0. The second-order valence-electron chi connectivity index (χ2n) is 6.59. The van der Waals surface area contributed by atoms with Crippen molar-refractivity contribution in [1.82, 2.24) is 0 Å². The summed E-state index contributed by atoms with van der Waals surface area (Å²) in [6, 6.07) is 0. The second kappa shape index (κ2) is 4.47. The van der Waals surface area contributed by atoms with E-state index in [4.69, 9.17) is 0 Å². The lowest BCUT2D eigenvalue weighted by Gasteiger charge is -2.29. The molecule has 0 bridgehead atoms. The van der Waals surface area contributed by atoms with Crippen LogP contribution in [0.5, 0.6) is 0 Å². The Balaban J connectivity index is 2.58. The normalized spacial score (nSPS) is 36.4. The zero-order valence-corrected chi connectivity index (χ0v) is 11.8. The van der Waals surface area contributed by atoms with E-state index in [0.717, 1.165) is 29.6 Å². The molecule has 0 saturated heterocycles. The maximum absolute atomic E-state index is 2.52. The molecular weight excluding hydrogens is 180 g/mol. The summed E-state index contributed by atoms with van der Waals surface area (Å²) in [5, 5.41) is 0. The van der Waals surface area contributed by atoms with E-state index in [2.05, 4.69) is 48.5 Å². The van der Waals surface area contributed by atoms with Gasteiger partial charge in [-0.3, -0.25) is 0 Å². The molecule has 0 aromatic heterocycles. The van der Waals surface area contributed by atoms with E-state index in [1.165, 1.54) is 12.8 Å². The first kappa shape index (κ1) is 13.1. The Hall–Kier alpha value is 0. The molecule has 0 N–H and O–H groups in total. The molecule has 1 fully saturated rings. The predicted octanol–water partition coefficient (Wildman–Crippen LogP) is 4.99. The van der Waals surface area contributed by atoms with Crippen molar-refractivity contribution >= 4 is 0 Å². The third-order valence-electron chi connectivity index (χ3n) is 5.57. The monoisotopic (exact) mass is 210 g/mol. The third-order valence-corrected chi connectivity index (χ3v) is 5.57. The Morgan fingerprint density at radius 1 is 1.13 bits per heavy atom. The van der Waals surface area contributed by atoms with Gasteiger partial charge in [-0.1, -0.05) is 54.9 Å². The first-order valence-corrected chi connectivity index (χ1v) is 6.84. The highest BCUT2D eigenvalue weighted by Gasteiger charge is 2.56. The fourth-order valence-corrected chi connectivity index (χ4v) is 3.19. The van der Waals surface area contributed by atoms with E-state index < -0.39 is 0 Å². The maximum Gasteiger partial charge on any atom is -0.0264 e. The van der Waals surface area contributed by atoms with Gasteiger partial charge in [0.15, 0.2) is 0 Å². The van der Waals surface area contributed by atoms with Gasteiger partial charge in [0.05, 0.1) is 0 Å². The van der Waals surface area contributed by atoms with Crippen molar-refractivity contribution in [2.75, 3.05) is 0 Å². The van der Waals surface area contributed by atoms with E-state index in [1.807, 2.05) is 0 Å². The van der Waals surface area contributed by atoms with Gasteiger partial charge in [-0.15, -0.1) is 0 Å². The fraction of sp³-hybridized carbons (Fsp3) is 1.00. The average Bonchev–Trinajstić information content (AvgIpc) is 2.88. The molecule has 0 spiro atoms. The fourth-order valence-electron chi connectivity index (χ4n) is 3.19. The Morgan fingerprint density at radius 3 is 2.07 bits per heavy atom. The SMILES string of the molecule is CCC(C)C(C)C1(C)CC1C(C)C(C)C. The molecular formula is C15H30. The molecule has 5 unspecified atom stereocenters. The van der Waals surface area contributed by atoms with Gasteiger partial charge < -0.3 is 0 Å². The van der Waals surface area contributed by atoms with Crippen LogP contribution in [0.4, 0.5) is 0 Å². The molecule has 1 saturated carbocycles. The summed E-state index contributed by atoms with van der Waals surface area (Å²) in [7, 11) is 0. The molecule has 15 heavy (non-hydrogen) atoms. The molecule has 0 heterocycles. The summed E-state index contributed by atoms with van der Waals surface area (Å²) in [6.45, 7) is 16.9. The topological polar surface area (TPSA) is 0 Å². The molecule has 5 atom stereocenters. The maximum atomic E-state index is 2.52. The molecule has 1 rings (SSSR count). The van der Waals surface area contributed by atoms with Crippen LogP contribution in [0.25, 0.3) is 0 Å². The average molecular weight is 210 g/mol. The lowest BCUT2D eigenvalue weighted by molar-refractivity contribution is 0.201. The molecule has 0 aromatic carbocycles. The molecule has 0 radical (unpaired) electrons. The molecule has 0 aromatic rings. The zero-order valence-electron chi connectivity index (χ0n) is 11.8. The van der Waals surface area contributed by atoms with Crippen molar-refractivity contribution in [3.05, 3.63) is 0 Å². The van der Waals surface area contributed by atoms with Crippen LogP contribution in [0.1, 0.15) is 61.3 Å². The highest BCUT2D eigenvalue weighted by atomic mass is 14.6. The van der Waals surface area contributed by atoms with Crippen LogP contribution in [-0.2, 0) is 0 Å². The highest BCUT2D eigenvalue weighted by molar-refractivity contribution is 5.05. The molecule has 90 valence electrons. The summed E-state index contributed by atoms with van der Waals surface area (Å²) in [4.78, 5) is 0. The van der Waals surface area contributed by atoms with Gasteiger partial charge >= 0.3 is 0 Å². The first-order valence-electron chi connectivity index (χ1n) is 6.84. The molecule has 0 amide bonds. The van der Waals surface area contributed by atoms with Gasteiger partial charge in [0.2, 0.25) is 0 Å². The standard InChI is InChI=1S/C15H30/c1-8-11(4)13(6)15(7)9-14(15)12(5)10(2)3/h10-14H,8-9H2,1-7H3. The van der Waals surface area contributed by atoms with Crippen LogP contribution < -0.4 is 0 Å². The van der Waals surface area contributed by atoms with E-state index in [1.54, 1.807) is 0 Å². The summed E-state index contributed by atoms with van der Waals surface area (Å²) in [5.41, 5.74) is 0.652. The lowest BCUT2D eigenvalue weighted by Crippen LogP contribution is -2.22. The second-order valence-corrected chi connectivity index (χ2v) is 6.59. The van der Waals surface area contributed by atoms with E-state index in [-0.39, 0.29) is 0 Å². The van der Waals surface area contributed by atoms with Gasteiger partial charge in [-0.25, -0.2) is 0 Å². The molecule has 0 nitrogen and oxygen atoms in total. The Bertz CT molecular complexity index is 206. The van der Waals surface area contributed by atoms with Gasteiger partial charge in [0, 0.05) is 0 Å². The van der Waals surface area contributed by atoms with Crippen LogP contribution in [0, 0.1) is 35.0 Å². The highest BCUT2D eigenvalue weighted by Crippen LogP contribution is 2.63. The third kappa shape index (κ3) is 2.40. The van der Waals surface area contributed by atoms with Crippen molar-refractivity contribution in [3.8, 4) is 0 Å². The quantitative estimate of drug-likeness (QED) is 0.600. The summed E-state index contributed by atoms with van der Waals surface area (Å²) in [5.74, 6) is 4.53. The van der Waals surface area contributed by atoms with E-state index >= 15 is 0 Å². The molecule has 1 aliphatic rings. The molecule has 0 heteroatoms. The van der Waals surface area contributed by atoms with Gasteiger partial charge in [-0.05, 0) is 41.4 Å². The van der Waals surface area contributed by atoms with Crippen LogP contribution in [0.15, 0.2) is 0 Å². The van der Waals surface area contributed by atoms with Crippen molar-refractivity contribution in [3.63, 3.8) is 0 Å².